The Morgan fingerprint density at radius 1 is 1.35 bits per heavy atom. The number of hydrogen-bond donors (Lipinski definition) is 0. The Morgan fingerprint density at radius 3 is 2.94 bits per heavy atom. The van der Waals surface area contributed by atoms with E-state index in [1.54, 1.807) is 0 Å². The van der Waals surface area contributed by atoms with Crippen LogP contribution in [0, 0.1) is 16.7 Å². The predicted molar refractivity (Wildman–Crippen MR) is 68.0 cm³/mol. The second-order valence-corrected chi connectivity index (χ2v) is 4.73. The van der Waals surface area contributed by atoms with Crippen molar-refractivity contribution >= 4 is 0 Å². The Morgan fingerprint density at radius 2 is 2.24 bits per heavy atom. The van der Waals surface area contributed by atoms with Crippen LogP contribution in [0.25, 0.3) is 0 Å². The van der Waals surface area contributed by atoms with Crippen LogP contribution in [-0.2, 0) is 4.74 Å². The minimum Gasteiger partial charge on any atom is -0.489 e. The zero-order valence-corrected chi connectivity index (χ0v) is 10.1. The molecule has 0 saturated heterocycles. The molecule has 2 aliphatic carbocycles. The van der Waals surface area contributed by atoms with E-state index in [0.29, 0.717) is 6.61 Å². The van der Waals surface area contributed by atoms with Crippen molar-refractivity contribution in [1.82, 2.24) is 0 Å². The maximum atomic E-state index is 9.08. The third-order valence-corrected chi connectivity index (χ3v) is 3.02. The molecule has 0 aromatic heterocycles. The molecule has 2 aliphatic rings. The summed E-state index contributed by atoms with van der Waals surface area (Å²) >= 11 is 0. The maximum absolute atomic E-state index is 9.08. The fourth-order valence-corrected chi connectivity index (χ4v) is 1.95. The third-order valence-electron chi connectivity index (χ3n) is 3.02. The third kappa shape index (κ3) is 3.10. The number of nitriles is 1. The molecule has 0 heterocycles. The van der Waals surface area contributed by atoms with Crippen LogP contribution in [0.3, 0.4) is 0 Å². The van der Waals surface area contributed by atoms with Gasteiger partial charge in [0.25, 0.3) is 0 Å². The Bertz CT molecular complexity index is 448. The monoisotopic (exact) mass is 227 g/mol. The normalized spacial score (nSPS) is 27.1. The van der Waals surface area contributed by atoms with Crippen LogP contribution in [-0.4, -0.2) is 6.61 Å². The van der Waals surface area contributed by atoms with E-state index >= 15 is 0 Å². The molecular formula is C15H17NO. The predicted octanol–water partition coefficient (Wildman–Crippen LogP) is 3.65. The molecule has 1 atom stereocenters. The molecule has 0 N–H and O–H groups in total. The highest BCUT2D eigenvalue weighted by Gasteiger charge is 2.23. The summed E-state index contributed by atoms with van der Waals surface area (Å²) < 4.78 is 5.72. The molecule has 1 unspecified atom stereocenters. The first-order valence-corrected chi connectivity index (χ1v) is 6.01. The molecule has 2 rings (SSSR count). The van der Waals surface area contributed by atoms with Crippen molar-refractivity contribution in [3.63, 3.8) is 0 Å². The number of ether oxygens (including phenoxy) is 1. The molecule has 0 spiro atoms. The van der Waals surface area contributed by atoms with Crippen LogP contribution in [0.2, 0.25) is 0 Å². The van der Waals surface area contributed by atoms with Gasteiger partial charge in [0, 0.05) is 0 Å². The fraction of sp³-hybridized carbons (Fsp3) is 0.400. The lowest BCUT2D eigenvalue weighted by atomic mass is 9.85. The lowest BCUT2D eigenvalue weighted by Crippen LogP contribution is -2.13. The molecule has 0 radical (unpaired) electrons. The highest BCUT2D eigenvalue weighted by Crippen LogP contribution is 2.29. The summed E-state index contributed by atoms with van der Waals surface area (Å²) in [6.07, 6.45) is 15.3. The van der Waals surface area contributed by atoms with Gasteiger partial charge in [-0.2, -0.15) is 5.26 Å². The van der Waals surface area contributed by atoms with Gasteiger partial charge in [-0.1, -0.05) is 24.3 Å². The van der Waals surface area contributed by atoms with Crippen LogP contribution in [0.4, 0.5) is 0 Å². The van der Waals surface area contributed by atoms with E-state index in [9.17, 15) is 0 Å². The van der Waals surface area contributed by atoms with Gasteiger partial charge in [0.1, 0.15) is 12.4 Å². The molecule has 2 heteroatoms. The summed E-state index contributed by atoms with van der Waals surface area (Å²) in [4.78, 5) is 0. The topological polar surface area (TPSA) is 33.0 Å². The molecule has 0 aromatic rings. The van der Waals surface area contributed by atoms with E-state index < -0.39 is 5.41 Å². The highest BCUT2D eigenvalue weighted by molar-refractivity contribution is 5.28. The van der Waals surface area contributed by atoms with Gasteiger partial charge in [0.05, 0.1) is 11.5 Å². The quantitative estimate of drug-likeness (QED) is 0.737. The average Bonchev–Trinajstić information content (AvgIpc) is 2.38. The molecule has 0 aliphatic heterocycles. The molecular weight excluding hydrogens is 210 g/mol. The Balaban J connectivity index is 1.95. The van der Waals surface area contributed by atoms with Crippen molar-refractivity contribution in [2.24, 2.45) is 5.41 Å². The fourth-order valence-electron chi connectivity index (χ4n) is 1.95. The summed E-state index contributed by atoms with van der Waals surface area (Å²) in [6.45, 7) is 2.52. The van der Waals surface area contributed by atoms with Crippen molar-refractivity contribution in [3.05, 3.63) is 47.8 Å². The van der Waals surface area contributed by atoms with Gasteiger partial charge < -0.3 is 4.74 Å². The van der Waals surface area contributed by atoms with Crippen LogP contribution < -0.4 is 0 Å². The molecule has 0 bridgehead atoms. The molecule has 17 heavy (non-hydrogen) atoms. The molecule has 88 valence electrons. The van der Waals surface area contributed by atoms with Crippen molar-refractivity contribution < 1.29 is 4.74 Å². The van der Waals surface area contributed by atoms with Gasteiger partial charge in [-0.05, 0) is 43.9 Å². The standard InChI is InChI=1S/C15H17NO/c1-15(12-16)9-5-8-14(10-15)17-11-13-6-3-2-4-7-13/h3,5-8,10H,2,4,9,11H2,1H3. The smallest absolute Gasteiger partial charge is 0.117 e. The van der Waals surface area contributed by atoms with Crippen molar-refractivity contribution in [2.45, 2.75) is 26.2 Å². The van der Waals surface area contributed by atoms with Gasteiger partial charge >= 0.3 is 0 Å². The van der Waals surface area contributed by atoms with E-state index in [0.717, 1.165) is 25.0 Å². The second-order valence-electron chi connectivity index (χ2n) is 4.73. The summed E-state index contributed by atoms with van der Waals surface area (Å²) in [7, 11) is 0. The molecule has 0 amide bonds. The molecule has 0 aromatic carbocycles. The first kappa shape index (κ1) is 11.7. The summed E-state index contributed by atoms with van der Waals surface area (Å²) in [5.74, 6) is 0.806. The van der Waals surface area contributed by atoms with Crippen molar-refractivity contribution in [1.29, 1.82) is 5.26 Å². The van der Waals surface area contributed by atoms with Crippen LogP contribution in [0.1, 0.15) is 26.2 Å². The lowest BCUT2D eigenvalue weighted by molar-refractivity contribution is 0.247. The van der Waals surface area contributed by atoms with E-state index in [1.807, 2.05) is 25.2 Å². The minimum absolute atomic E-state index is 0.416. The Hall–Kier alpha value is -1.75. The van der Waals surface area contributed by atoms with E-state index in [1.165, 1.54) is 5.57 Å². The van der Waals surface area contributed by atoms with Gasteiger partial charge in [-0.15, -0.1) is 0 Å². The second kappa shape index (κ2) is 5.05. The van der Waals surface area contributed by atoms with Crippen LogP contribution in [0.5, 0.6) is 0 Å². The van der Waals surface area contributed by atoms with Crippen molar-refractivity contribution in [2.75, 3.05) is 6.61 Å². The van der Waals surface area contributed by atoms with Gasteiger partial charge in [0.2, 0.25) is 0 Å². The van der Waals surface area contributed by atoms with Gasteiger partial charge in [-0.25, -0.2) is 0 Å². The largest absolute Gasteiger partial charge is 0.489 e. The Labute approximate surface area is 103 Å². The first-order valence-electron chi connectivity index (χ1n) is 6.01. The average molecular weight is 227 g/mol. The number of rotatable bonds is 3. The van der Waals surface area contributed by atoms with Crippen molar-refractivity contribution in [3.8, 4) is 6.07 Å². The zero-order chi connectivity index (χ0) is 12.1. The first-order chi connectivity index (χ1) is 8.22. The maximum Gasteiger partial charge on any atom is 0.117 e. The minimum atomic E-state index is -0.416. The number of allylic oxidation sites excluding steroid dienone is 5. The van der Waals surface area contributed by atoms with E-state index in [-0.39, 0.29) is 0 Å². The zero-order valence-electron chi connectivity index (χ0n) is 10.1. The summed E-state index contributed by atoms with van der Waals surface area (Å²) in [6, 6.07) is 2.31. The SMILES string of the molecule is CC1(C#N)C=C(OCC2=CCCC=C2)C=CC1. The number of nitrogens with zero attached hydrogens (tertiary/aromatic N) is 1. The van der Waals surface area contributed by atoms with Crippen LogP contribution in [0.15, 0.2) is 47.8 Å². The lowest BCUT2D eigenvalue weighted by Gasteiger charge is -2.21. The summed E-state index contributed by atoms with van der Waals surface area (Å²) in [5, 5.41) is 9.08. The molecule has 0 fully saturated rings. The highest BCUT2D eigenvalue weighted by atomic mass is 16.5. The van der Waals surface area contributed by atoms with Gasteiger partial charge in [0.15, 0.2) is 0 Å². The van der Waals surface area contributed by atoms with Gasteiger partial charge in [-0.3, -0.25) is 0 Å². The number of hydrogen-bond acceptors (Lipinski definition) is 2. The summed E-state index contributed by atoms with van der Waals surface area (Å²) in [5.41, 5.74) is 0.802. The van der Waals surface area contributed by atoms with E-state index in [4.69, 9.17) is 10.00 Å². The van der Waals surface area contributed by atoms with E-state index in [2.05, 4.69) is 24.3 Å². The Kier molecular flexibility index (Phi) is 3.49. The molecule has 0 saturated carbocycles. The van der Waals surface area contributed by atoms with Crippen LogP contribution >= 0.6 is 0 Å². The molecule has 2 nitrogen and oxygen atoms in total.